The van der Waals surface area contributed by atoms with Crippen LogP contribution < -0.4 is 10.6 Å². The van der Waals surface area contributed by atoms with Crippen molar-refractivity contribution in [3.05, 3.63) is 29.3 Å². The fourth-order valence-electron chi connectivity index (χ4n) is 2.68. The third-order valence-corrected chi connectivity index (χ3v) is 3.82. The molecule has 1 atom stereocenters. The summed E-state index contributed by atoms with van der Waals surface area (Å²) in [7, 11) is 1.81. The molecule has 0 aliphatic carbocycles. The fraction of sp³-hybridized carbons (Fsp3) is 0.600. The van der Waals surface area contributed by atoms with Crippen molar-refractivity contribution in [2.45, 2.75) is 32.3 Å². The summed E-state index contributed by atoms with van der Waals surface area (Å²) in [5, 5.41) is 0. The second-order valence-electron chi connectivity index (χ2n) is 5.10. The Morgan fingerprint density at radius 3 is 2.94 bits per heavy atom. The molecule has 1 aliphatic heterocycles. The number of benzene rings is 1. The molecule has 0 radical (unpaired) electrons. The first-order chi connectivity index (χ1) is 8.74. The first-order valence-electron chi connectivity index (χ1n) is 6.82. The van der Waals surface area contributed by atoms with E-state index >= 15 is 0 Å². The molecule has 1 heterocycles. The van der Waals surface area contributed by atoms with Gasteiger partial charge in [-0.15, -0.1) is 0 Å². The molecule has 0 aromatic heterocycles. The molecule has 0 saturated carbocycles. The molecule has 1 aliphatic rings. The SMILES string of the molecule is COC1CCCN(c2ccc(CCN)c(C)c2)C1. The molecule has 100 valence electrons. The van der Waals surface area contributed by atoms with E-state index in [0.29, 0.717) is 6.10 Å². The van der Waals surface area contributed by atoms with Gasteiger partial charge in [0.2, 0.25) is 0 Å². The van der Waals surface area contributed by atoms with Crippen molar-refractivity contribution in [1.29, 1.82) is 0 Å². The maximum Gasteiger partial charge on any atom is 0.0746 e. The first kappa shape index (κ1) is 13.4. The number of nitrogens with two attached hydrogens (primary N) is 1. The molecule has 2 rings (SSSR count). The van der Waals surface area contributed by atoms with E-state index in [-0.39, 0.29) is 0 Å². The summed E-state index contributed by atoms with van der Waals surface area (Å²) in [6, 6.07) is 6.72. The Hall–Kier alpha value is -1.06. The quantitative estimate of drug-likeness (QED) is 0.887. The van der Waals surface area contributed by atoms with E-state index in [4.69, 9.17) is 10.5 Å². The van der Waals surface area contributed by atoms with Gasteiger partial charge in [0.25, 0.3) is 0 Å². The van der Waals surface area contributed by atoms with Crippen LogP contribution in [0.1, 0.15) is 24.0 Å². The maximum absolute atomic E-state index is 5.62. The molecule has 18 heavy (non-hydrogen) atoms. The minimum Gasteiger partial charge on any atom is -0.380 e. The molecule has 1 aromatic carbocycles. The Bertz CT molecular complexity index is 392. The van der Waals surface area contributed by atoms with Crippen molar-refractivity contribution >= 4 is 5.69 Å². The third kappa shape index (κ3) is 3.03. The summed E-state index contributed by atoms with van der Waals surface area (Å²) in [5.74, 6) is 0. The minimum atomic E-state index is 0.378. The van der Waals surface area contributed by atoms with Gasteiger partial charge in [0.05, 0.1) is 6.10 Å². The topological polar surface area (TPSA) is 38.5 Å². The number of rotatable bonds is 4. The molecule has 1 aromatic rings. The van der Waals surface area contributed by atoms with Gasteiger partial charge in [0, 0.05) is 25.9 Å². The second-order valence-corrected chi connectivity index (χ2v) is 5.10. The zero-order valence-electron chi connectivity index (χ0n) is 11.5. The number of hydrogen-bond acceptors (Lipinski definition) is 3. The lowest BCUT2D eigenvalue weighted by molar-refractivity contribution is 0.0893. The van der Waals surface area contributed by atoms with E-state index < -0.39 is 0 Å². The zero-order valence-corrected chi connectivity index (χ0v) is 11.5. The molecule has 0 amide bonds. The van der Waals surface area contributed by atoms with Crippen LogP contribution in [0.25, 0.3) is 0 Å². The van der Waals surface area contributed by atoms with Crippen molar-refractivity contribution in [2.24, 2.45) is 5.73 Å². The fourth-order valence-corrected chi connectivity index (χ4v) is 2.68. The minimum absolute atomic E-state index is 0.378. The third-order valence-electron chi connectivity index (χ3n) is 3.82. The van der Waals surface area contributed by atoms with Crippen LogP contribution in [0.5, 0.6) is 0 Å². The Morgan fingerprint density at radius 1 is 1.44 bits per heavy atom. The standard InChI is InChI=1S/C15H24N2O/c1-12-10-14(6-5-13(12)7-8-16)17-9-3-4-15(11-17)18-2/h5-6,10,15H,3-4,7-9,11,16H2,1-2H3. The average molecular weight is 248 g/mol. The summed E-state index contributed by atoms with van der Waals surface area (Å²) in [4.78, 5) is 2.43. The van der Waals surface area contributed by atoms with Crippen molar-refractivity contribution in [3.63, 3.8) is 0 Å². The first-order valence-corrected chi connectivity index (χ1v) is 6.82. The van der Waals surface area contributed by atoms with Gasteiger partial charge in [0.1, 0.15) is 0 Å². The number of piperidine rings is 1. The van der Waals surface area contributed by atoms with E-state index in [2.05, 4.69) is 30.0 Å². The van der Waals surface area contributed by atoms with E-state index in [1.54, 1.807) is 0 Å². The summed E-state index contributed by atoms with van der Waals surface area (Å²) in [6.07, 6.45) is 3.73. The Kier molecular flexibility index (Phi) is 4.61. The van der Waals surface area contributed by atoms with E-state index in [1.807, 2.05) is 7.11 Å². The normalized spacial score (nSPS) is 20.2. The highest BCUT2D eigenvalue weighted by molar-refractivity contribution is 5.51. The number of methoxy groups -OCH3 is 1. The molecule has 2 N–H and O–H groups in total. The zero-order chi connectivity index (χ0) is 13.0. The highest BCUT2D eigenvalue weighted by atomic mass is 16.5. The Balaban J connectivity index is 2.10. The van der Waals surface area contributed by atoms with Gasteiger partial charge >= 0.3 is 0 Å². The van der Waals surface area contributed by atoms with Crippen LogP contribution in [0.2, 0.25) is 0 Å². The second kappa shape index (κ2) is 6.21. The van der Waals surface area contributed by atoms with Crippen molar-refractivity contribution in [2.75, 3.05) is 31.6 Å². The van der Waals surface area contributed by atoms with Gasteiger partial charge in [-0.3, -0.25) is 0 Å². The lowest BCUT2D eigenvalue weighted by Crippen LogP contribution is -2.39. The molecule has 1 fully saturated rings. The molecule has 1 unspecified atom stereocenters. The van der Waals surface area contributed by atoms with E-state index in [0.717, 1.165) is 26.1 Å². The molecule has 3 heteroatoms. The number of aryl methyl sites for hydroxylation is 1. The molecular weight excluding hydrogens is 224 g/mol. The van der Waals surface area contributed by atoms with Crippen molar-refractivity contribution in [1.82, 2.24) is 0 Å². The summed E-state index contributed by atoms with van der Waals surface area (Å²) < 4.78 is 5.48. The van der Waals surface area contributed by atoms with Gasteiger partial charge in [-0.25, -0.2) is 0 Å². The lowest BCUT2D eigenvalue weighted by atomic mass is 10.0. The number of anilines is 1. The van der Waals surface area contributed by atoms with Crippen molar-refractivity contribution in [3.8, 4) is 0 Å². The van der Waals surface area contributed by atoms with Gasteiger partial charge < -0.3 is 15.4 Å². The lowest BCUT2D eigenvalue weighted by Gasteiger charge is -2.34. The summed E-state index contributed by atoms with van der Waals surface area (Å²) >= 11 is 0. The van der Waals surface area contributed by atoms with Crippen LogP contribution in [0.4, 0.5) is 5.69 Å². The number of ether oxygens (including phenoxy) is 1. The maximum atomic E-state index is 5.62. The van der Waals surface area contributed by atoms with Gasteiger partial charge in [-0.1, -0.05) is 6.07 Å². The molecule has 0 spiro atoms. The van der Waals surface area contributed by atoms with Crippen LogP contribution in [0.3, 0.4) is 0 Å². The van der Waals surface area contributed by atoms with Gasteiger partial charge in [-0.05, 0) is 56.0 Å². The predicted molar refractivity (Wildman–Crippen MR) is 76.2 cm³/mol. The molecular formula is C15H24N2O. The smallest absolute Gasteiger partial charge is 0.0746 e. The van der Waals surface area contributed by atoms with Crippen LogP contribution in [0.15, 0.2) is 18.2 Å². The van der Waals surface area contributed by atoms with Crippen LogP contribution in [-0.2, 0) is 11.2 Å². The number of hydrogen-bond donors (Lipinski definition) is 1. The molecule has 0 bridgehead atoms. The van der Waals surface area contributed by atoms with E-state index in [1.165, 1.54) is 29.7 Å². The summed E-state index contributed by atoms with van der Waals surface area (Å²) in [5.41, 5.74) is 9.64. The Labute approximate surface area is 110 Å². The van der Waals surface area contributed by atoms with Crippen LogP contribution in [-0.4, -0.2) is 32.8 Å². The Morgan fingerprint density at radius 2 is 2.28 bits per heavy atom. The largest absolute Gasteiger partial charge is 0.380 e. The van der Waals surface area contributed by atoms with Crippen LogP contribution in [0, 0.1) is 6.92 Å². The van der Waals surface area contributed by atoms with Gasteiger partial charge in [0.15, 0.2) is 0 Å². The highest BCUT2D eigenvalue weighted by Gasteiger charge is 2.19. The average Bonchev–Trinajstić information content (AvgIpc) is 2.41. The monoisotopic (exact) mass is 248 g/mol. The van der Waals surface area contributed by atoms with Crippen LogP contribution >= 0.6 is 0 Å². The van der Waals surface area contributed by atoms with E-state index in [9.17, 15) is 0 Å². The molecule has 3 nitrogen and oxygen atoms in total. The summed E-state index contributed by atoms with van der Waals surface area (Å²) in [6.45, 7) is 5.03. The highest BCUT2D eigenvalue weighted by Crippen LogP contribution is 2.23. The molecule has 1 saturated heterocycles. The predicted octanol–water partition coefficient (Wildman–Crippen LogP) is 2.11. The number of nitrogens with zero attached hydrogens (tertiary/aromatic N) is 1. The van der Waals surface area contributed by atoms with Gasteiger partial charge in [-0.2, -0.15) is 0 Å². The van der Waals surface area contributed by atoms with Crippen molar-refractivity contribution < 1.29 is 4.74 Å².